The molecule has 1 heterocycles. The molecule has 2 aliphatic carbocycles. The zero-order chi connectivity index (χ0) is 40.3. The van der Waals surface area contributed by atoms with Gasteiger partial charge in [-0.15, -0.1) is 0 Å². The molecule has 0 fully saturated rings. The van der Waals surface area contributed by atoms with Crippen molar-refractivity contribution in [2.75, 3.05) is 0 Å². The van der Waals surface area contributed by atoms with E-state index in [0.717, 1.165) is 33.6 Å². The topological polar surface area (TPSA) is 25.8 Å². The molecule has 284 valence electrons. The molecule has 2 nitrogen and oxygen atoms in total. The van der Waals surface area contributed by atoms with Crippen LogP contribution in [0.3, 0.4) is 0 Å². The zero-order valence-corrected chi connectivity index (χ0v) is 33.3. The fourth-order valence-corrected chi connectivity index (χ4v) is 10.0. The highest BCUT2D eigenvalue weighted by Crippen LogP contribution is 2.61. The number of rotatable bonds is 5. The first-order valence-electron chi connectivity index (χ1n) is 21.0. The second-order valence-corrected chi connectivity index (χ2v) is 16.0. The third-order valence-corrected chi connectivity index (χ3v) is 12.8. The van der Waals surface area contributed by atoms with Crippen molar-refractivity contribution in [3.63, 3.8) is 0 Å². The molecule has 10 aromatic rings. The highest BCUT2D eigenvalue weighted by Gasteiger charge is 2.49. The van der Waals surface area contributed by atoms with Gasteiger partial charge in [0, 0.05) is 16.7 Å². The largest absolute Gasteiger partial charge is 0.228 e. The van der Waals surface area contributed by atoms with E-state index in [1.54, 1.807) is 0 Å². The molecule has 1 spiro atoms. The van der Waals surface area contributed by atoms with Crippen LogP contribution < -0.4 is 0 Å². The summed E-state index contributed by atoms with van der Waals surface area (Å²) in [5, 5.41) is 0. The van der Waals surface area contributed by atoms with E-state index in [0.29, 0.717) is 5.82 Å². The average molecular weight is 775 g/mol. The minimum atomic E-state index is -0.591. The van der Waals surface area contributed by atoms with Crippen molar-refractivity contribution in [1.82, 2.24) is 9.97 Å². The van der Waals surface area contributed by atoms with Gasteiger partial charge in [-0.3, -0.25) is 0 Å². The molecule has 0 radical (unpaired) electrons. The number of hydrogen-bond acceptors (Lipinski definition) is 2. The quantitative estimate of drug-likeness (QED) is 0.174. The van der Waals surface area contributed by atoms with Gasteiger partial charge in [0.25, 0.3) is 0 Å². The summed E-state index contributed by atoms with van der Waals surface area (Å²) in [6.07, 6.45) is 0. The van der Waals surface area contributed by atoms with Crippen molar-refractivity contribution < 1.29 is 0 Å². The summed E-state index contributed by atoms with van der Waals surface area (Å²) in [5.41, 5.74) is 21.5. The summed E-state index contributed by atoms with van der Waals surface area (Å²) >= 11 is 0. The Bertz CT molecular complexity index is 3250. The van der Waals surface area contributed by atoms with Crippen LogP contribution in [0.5, 0.6) is 0 Å². The lowest BCUT2D eigenvalue weighted by Crippen LogP contribution is -2.29. The van der Waals surface area contributed by atoms with Crippen LogP contribution in [-0.2, 0) is 5.41 Å². The first-order chi connectivity index (χ1) is 30.2. The van der Waals surface area contributed by atoms with Crippen molar-refractivity contribution in [3.05, 3.63) is 253 Å². The standard InChI is InChI=1S/C59H38N2/c1-3-16-39(17-4-1)41-30-32-42(33-31-41)56-38-57(44-21-15-20-43(36-44)40-18-5-2-6-19-40)61-58(60-56)45-34-35-51-47-23-8-7-22-46(47)48-24-9-12-27-52(48)59(55(51)37-45)53-28-13-10-25-49(53)50-26-11-14-29-54(50)59/h1-38H. The Kier molecular flexibility index (Phi) is 8.11. The first kappa shape index (κ1) is 35.0. The molecule has 9 aromatic carbocycles. The molecule has 0 saturated heterocycles. The summed E-state index contributed by atoms with van der Waals surface area (Å²) in [7, 11) is 0. The average Bonchev–Trinajstić information content (AvgIpc) is 3.59. The molecular weight excluding hydrogens is 737 g/mol. The van der Waals surface area contributed by atoms with Gasteiger partial charge in [0.05, 0.1) is 16.8 Å². The summed E-state index contributed by atoms with van der Waals surface area (Å²) < 4.78 is 0. The van der Waals surface area contributed by atoms with Crippen LogP contribution in [0.4, 0.5) is 0 Å². The van der Waals surface area contributed by atoms with Crippen LogP contribution in [0.2, 0.25) is 0 Å². The summed E-state index contributed by atoms with van der Waals surface area (Å²) in [6.45, 7) is 0. The lowest BCUT2D eigenvalue weighted by molar-refractivity contribution is 0.775. The molecule has 0 N–H and O–H groups in total. The number of nitrogens with zero attached hydrogens (tertiary/aromatic N) is 2. The lowest BCUT2D eigenvalue weighted by Gasteiger charge is -2.35. The van der Waals surface area contributed by atoms with Gasteiger partial charge < -0.3 is 0 Å². The fourth-order valence-electron chi connectivity index (χ4n) is 10.0. The van der Waals surface area contributed by atoms with E-state index in [9.17, 15) is 0 Å². The summed E-state index contributed by atoms with van der Waals surface area (Å²) in [5.74, 6) is 0.688. The van der Waals surface area contributed by atoms with Gasteiger partial charge in [0.15, 0.2) is 5.82 Å². The Morgan fingerprint density at radius 1 is 0.230 bits per heavy atom. The third kappa shape index (κ3) is 5.57. The van der Waals surface area contributed by atoms with Crippen molar-refractivity contribution >= 4 is 0 Å². The van der Waals surface area contributed by atoms with Crippen LogP contribution in [0.1, 0.15) is 22.3 Å². The molecule has 0 amide bonds. The van der Waals surface area contributed by atoms with Crippen LogP contribution in [0.15, 0.2) is 231 Å². The maximum absolute atomic E-state index is 5.45. The van der Waals surface area contributed by atoms with E-state index in [-0.39, 0.29) is 0 Å². The van der Waals surface area contributed by atoms with Crippen LogP contribution in [0.25, 0.3) is 89.5 Å². The van der Waals surface area contributed by atoms with E-state index < -0.39 is 5.41 Å². The van der Waals surface area contributed by atoms with E-state index in [4.69, 9.17) is 9.97 Å². The van der Waals surface area contributed by atoms with Gasteiger partial charge in [0.2, 0.25) is 0 Å². The molecule has 1 aromatic heterocycles. The molecule has 0 unspecified atom stereocenters. The molecule has 12 rings (SSSR count). The summed E-state index contributed by atoms with van der Waals surface area (Å²) in [4.78, 5) is 10.9. The zero-order valence-electron chi connectivity index (χ0n) is 33.3. The molecule has 0 saturated carbocycles. The van der Waals surface area contributed by atoms with Gasteiger partial charge in [-0.25, -0.2) is 9.97 Å². The predicted octanol–water partition coefficient (Wildman–Crippen LogP) is 14.8. The van der Waals surface area contributed by atoms with E-state index >= 15 is 0 Å². The Morgan fingerprint density at radius 3 is 1.21 bits per heavy atom. The SMILES string of the molecule is c1ccc(-c2ccc(-c3cc(-c4cccc(-c5ccccc5)c4)nc(-c4ccc5c(c4)C4(c6ccccc6-c6ccccc6-5)c5ccccc5-c5ccccc54)n3)cc2)cc1. The minimum absolute atomic E-state index is 0.591. The highest BCUT2D eigenvalue weighted by molar-refractivity contribution is 5.98. The van der Waals surface area contributed by atoms with Gasteiger partial charge in [0.1, 0.15) is 0 Å². The molecule has 2 heteroatoms. The van der Waals surface area contributed by atoms with Crippen LogP contribution >= 0.6 is 0 Å². The van der Waals surface area contributed by atoms with Crippen molar-refractivity contribution in [3.8, 4) is 89.5 Å². The Hall–Kier alpha value is -7.94. The maximum Gasteiger partial charge on any atom is 0.160 e. The van der Waals surface area contributed by atoms with Gasteiger partial charge in [-0.2, -0.15) is 0 Å². The molecule has 61 heavy (non-hydrogen) atoms. The van der Waals surface area contributed by atoms with Crippen LogP contribution in [0, 0.1) is 0 Å². The van der Waals surface area contributed by atoms with E-state index in [1.807, 2.05) is 0 Å². The summed E-state index contributed by atoms with van der Waals surface area (Å²) in [6, 6.07) is 83.6. The van der Waals surface area contributed by atoms with Crippen molar-refractivity contribution in [2.45, 2.75) is 5.41 Å². The van der Waals surface area contributed by atoms with Crippen LogP contribution in [-0.4, -0.2) is 9.97 Å². The maximum atomic E-state index is 5.45. The highest BCUT2D eigenvalue weighted by atomic mass is 14.9. The molecule has 0 atom stereocenters. The number of aromatic nitrogens is 2. The van der Waals surface area contributed by atoms with Gasteiger partial charge >= 0.3 is 0 Å². The smallest absolute Gasteiger partial charge is 0.160 e. The number of benzene rings is 9. The number of fused-ring (bicyclic) bond motifs is 12. The van der Waals surface area contributed by atoms with Crippen molar-refractivity contribution in [1.29, 1.82) is 0 Å². The molecular formula is C59H38N2. The molecule has 0 bridgehead atoms. The van der Waals surface area contributed by atoms with E-state index in [1.165, 1.54) is 72.3 Å². The Balaban J connectivity index is 1.12. The number of hydrogen-bond donors (Lipinski definition) is 0. The molecule has 2 aliphatic rings. The van der Waals surface area contributed by atoms with Gasteiger partial charge in [-0.1, -0.05) is 212 Å². The van der Waals surface area contributed by atoms with E-state index in [2.05, 4.69) is 231 Å². The monoisotopic (exact) mass is 774 g/mol. The Labute approximate surface area is 356 Å². The van der Waals surface area contributed by atoms with Gasteiger partial charge in [-0.05, 0) is 96.1 Å². The van der Waals surface area contributed by atoms with Crippen molar-refractivity contribution in [2.24, 2.45) is 0 Å². The first-order valence-corrected chi connectivity index (χ1v) is 21.0. The lowest BCUT2D eigenvalue weighted by atomic mass is 9.65. The normalized spacial score (nSPS) is 12.7. The Morgan fingerprint density at radius 2 is 0.623 bits per heavy atom. The predicted molar refractivity (Wildman–Crippen MR) is 251 cm³/mol. The minimum Gasteiger partial charge on any atom is -0.228 e. The molecule has 0 aliphatic heterocycles. The second kappa shape index (κ2) is 14.1. The fraction of sp³-hybridized carbons (Fsp3) is 0.0169. The second-order valence-electron chi connectivity index (χ2n) is 16.0. The third-order valence-electron chi connectivity index (χ3n) is 12.8.